The highest BCUT2D eigenvalue weighted by atomic mass is 79.9. The second-order valence-electron chi connectivity index (χ2n) is 3.53. The van der Waals surface area contributed by atoms with Crippen molar-refractivity contribution in [1.29, 1.82) is 0 Å². The molecule has 0 fully saturated rings. The zero-order valence-corrected chi connectivity index (χ0v) is 10.4. The first-order chi connectivity index (χ1) is 8.15. The highest BCUT2D eigenvalue weighted by Crippen LogP contribution is 2.26. The predicted octanol–water partition coefficient (Wildman–Crippen LogP) is 3.87. The van der Waals surface area contributed by atoms with E-state index in [1.807, 2.05) is 6.07 Å². The van der Waals surface area contributed by atoms with Gasteiger partial charge in [-0.25, -0.2) is 4.39 Å². The van der Waals surface area contributed by atoms with Gasteiger partial charge in [0, 0.05) is 0 Å². The van der Waals surface area contributed by atoms with Gasteiger partial charge in [0.1, 0.15) is 23.9 Å². The summed E-state index contributed by atoms with van der Waals surface area (Å²) in [6.07, 6.45) is 0. The van der Waals surface area contributed by atoms with Crippen molar-refractivity contribution >= 4 is 15.9 Å². The molecule has 1 N–H and O–H groups in total. The van der Waals surface area contributed by atoms with Crippen molar-refractivity contribution in [3.05, 3.63) is 58.3 Å². The fourth-order valence-electron chi connectivity index (χ4n) is 1.40. The van der Waals surface area contributed by atoms with Crippen LogP contribution in [0.1, 0.15) is 5.56 Å². The van der Waals surface area contributed by atoms with Crippen LogP contribution in [0, 0.1) is 5.82 Å². The molecule has 0 spiro atoms. The van der Waals surface area contributed by atoms with E-state index in [0.29, 0.717) is 16.8 Å². The molecule has 2 aromatic carbocycles. The van der Waals surface area contributed by atoms with E-state index in [1.165, 1.54) is 12.1 Å². The van der Waals surface area contributed by atoms with Crippen molar-refractivity contribution in [3.8, 4) is 11.5 Å². The number of halogens is 2. The van der Waals surface area contributed by atoms with Gasteiger partial charge >= 0.3 is 0 Å². The van der Waals surface area contributed by atoms with Crippen LogP contribution in [0.5, 0.6) is 11.5 Å². The van der Waals surface area contributed by atoms with Crippen LogP contribution in [0.3, 0.4) is 0 Å². The van der Waals surface area contributed by atoms with Crippen LogP contribution in [0.4, 0.5) is 4.39 Å². The zero-order chi connectivity index (χ0) is 12.3. The fraction of sp³-hybridized carbons (Fsp3) is 0.0769. The number of benzene rings is 2. The first kappa shape index (κ1) is 11.9. The van der Waals surface area contributed by atoms with Gasteiger partial charge < -0.3 is 9.84 Å². The van der Waals surface area contributed by atoms with Gasteiger partial charge in [0.15, 0.2) is 0 Å². The lowest BCUT2D eigenvalue weighted by Crippen LogP contribution is -1.96. The summed E-state index contributed by atoms with van der Waals surface area (Å²) in [6.45, 7) is 0.318. The Hall–Kier alpha value is -1.55. The van der Waals surface area contributed by atoms with E-state index in [2.05, 4.69) is 15.9 Å². The van der Waals surface area contributed by atoms with Crippen molar-refractivity contribution < 1.29 is 14.2 Å². The smallest absolute Gasteiger partial charge is 0.134 e. The Morgan fingerprint density at radius 2 is 2.00 bits per heavy atom. The quantitative estimate of drug-likeness (QED) is 0.931. The third kappa shape index (κ3) is 3.20. The molecule has 0 atom stereocenters. The van der Waals surface area contributed by atoms with Crippen molar-refractivity contribution in [2.24, 2.45) is 0 Å². The van der Waals surface area contributed by atoms with E-state index in [4.69, 9.17) is 4.74 Å². The Balaban J connectivity index is 2.07. The van der Waals surface area contributed by atoms with Gasteiger partial charge in [-0.05, 0) is 51.8 Å². The summed E-state index contributed by atoms with van der Waals surface area (Å²) < 4.78 is 18.9. The molecule has 0 radical (unpaired) electrons. The number of phenolic OH excluding ortho intramolecular Hbond substituents is 1. The minimum atomic E-state index is -0.318. The summed E-state index contributed by atoms with van der Waals surface area (Å²) in [7, 11) is 0. The molecule has 2 aromatic rings. The fourth-order valence-corrected chi connectivity index (χ4v) is 1.86. The van der Waals surface area contributed by atoms with Crippen LogP contribution in [0.25, 0.3) is 0 Å². The van der Waals surface area contributed by atoms with Crippen LogP contribution >= 0.6 is 15.9 Å². The molecular weight excluding hydrogens is 287 g/mol. The van der Waals surface area contributed by atoms with E-state index in [-0.39, 0.29) is 11.6 Å². The standard InChI is InChI=1S/C13H10BrFO2/c14-12-7-10(15)4-5-13(12)17-8-9-2-1-3-11(16)6-9/h1-7,16H,8H2. The molecule has 0 aliphatic heterocycles. The van der Waals surface area contributed by atoms with Crippen LogP contribution in [-0.2, 0) is 6.61 Å². The molecule has 0 aromatic heterocycles. The Kier molecular flexibility index (Phi) is 3.64. The molecule has 0 aliphatic carbocycles. The first-order valence-electron chi connectivity index (χ1n) is 5.01. The maximum Gasteiger partial charge on any atom is 0.134 e. The van der Waals surface area contributed by atoms with Crippen LogP contribution in [0.15, 0.2) is 46.9 Å². The molecule has 0 aliphatic rings. The number of hydrogen-bond donors (Lipinski definition) is 1. The van der Waals surface area contributed by atoms with Gasteiger partial charge in [0.25, 0.3) is 0 Å². The molecule has 88 valence electrons. The Morgan fingerprint density at radius 1 is 1.18 bits per heavy atom. The number of phenols is 1. The summed E-state index contributed by atoms with van der Waals surface area (Å²) >= 11 is 3.22. The summed E-state index contributed by atoms with van der Waals surface area (Å²) in [5.74, 6) is 0.445. The van der Waals surface area contributed by atoms with Crippen molar-refractivity contribution in [3.63, 3.8) is 0 Å². The first-order valence-corrected chi connectivity index (χ1v) is 5.80. The molecule has 4 heteroatoms. The topological polar surface area (TPSA) is 29.5 Å². The average molecular weight is 297 g/mol. The van der Waals surface area contributed by atoms with Gasteiger partial charge in [-0.3, -0.25) is 0 Å². The summed E-state index contributed by atoms with van der Waals surface area (Å²) in [5.41, 5.74) is 0.848. The third-order valence-corrected chi connectivity index (χ3v) is 2.82. The number of rotatable bonds is 3. The van der Waals surface area contributed by atoms with E-state index >= 15 is 0 Å². The summed E-state index contributed by atoms with van der Waals surface area (Å²) in [6, 6.07) is 11.0. The number of ether oxygens (including phenoxy) is 1. The molecule has 0 unspecified atom stereocenters. The summed E-state index contributed by atoms with van der Waals surface area (Å²) in [5, 5.41) is 9.29. The van der Waals surface area contributed by atoms with Crippen molar-refractivity contribution in [2.45, 2.75) is 6.61 Å². The Morgan fingerprint density at radius 3 is 2.71 bits per heavy atom. The Labute approximate surface area is 107 Å². The highest BCUT2D eigenvalue weighted by Gasteiger charge is 2.03. The van der Waals surface area contributed by atoms with Gasteiger partial charge in [0.2, 0.25) is 0 Å². The monoisotopic (exact) mass is 296 g/mol. The molecule has 0 saturated carbocycles. The predicted molar refractivity (Wildman–Crippen MR) is 66.5 cm³/mol. The zero-order valence-electron chi connectivity index (χ0n) is 8.86. The lowest BCUT2D eigenvalue weighted by molar-refractivity contribution is 0.303. The van der Waals surface area contributed by atoms with Gasteiger partial charge in [-0.15, -0.1) is 0 Å². The minimum absolute atomic E-state index is 0.198. The number of hydrogen-bond acceptors (Lipinski definition) is 2. The second-order valence-corrected chi connectivity index (χ2v) is 4.39. The van der Waals surface area contributed by atoms with Gasteiger partial charge in [-0.1, -0.05) is 12.1 Å². The largest absolute Gasteiger partial charge is 0.508 e. The van der Waals surface area contributed by atoms with E-state index < -0.39 is 0 Å². The maximum atomic E-state index is 12.8. The van der Waals surface area contributed by atoms with Crippen LogP contribution in [0.2, 0.25) is 0 Å². The van der Waals surface area contributed by atoms with Gasteiger partial charge in [-0.2, -0.15) is 0 Å². The van der Waals surface area contributed by atoms with Gasteiger partial charge in [0.05, 0.1) is 4.47 Å². The molecule has 0 amide bonds. The minimum Gasteiger partial charge on any atom is -0.508 e. The number of aromatic hydroxyl groups is 1. The van der Waals surface area contributed by atoms with E-state index in [1.54, 1.807) is 24.3 Å². The molecule has 0 bridgehead atoms. The van der Waals surface area contributed by atoms with Crippen molar-refractivity contribution in [1.82, 2.24) is 0 Å². The summed E-state index contributed by atoms with van der Waals surface area (Å²) in [4.78, 5) is 0. The third-order valence-electron chi connectivity index (χ3n) is 2.20. The molecule has 2 rings (SSSR count). The lowest BCUT2D eigenvalue weighted by atomic mass is 10.2. The molecule has 2 nitrogen and oxygen atoms in total. The van der Waals surface area contributed by atoms with Crippen molar-refractivity contribution in [2.75, 3.05) is 0 Å². The van der Waals surface area contributed by atoms with E-state index in [9.17, 15) is 9.50 Å². The maximum absolute atomic E-state index is 12.8. The normalized spacial score (nSPS) is 10.2. The molecule has 0 saturated heterocycles. The van der Waals surface area contributed by atoms with Crippen LogP contribution < -0.4 is 4.74 Å². The Bertz CT molecular complexity index is 529. The average Bonchev–Trinajstić information content (AvgIpc) is 2.28. The molecule has 0 heterocycles. The highest BCUT2D eigenvalue weighted by molar-refractivity contribution is 9.10. The van der Waals surface area contributed by atoms with Crippen LogP contribution in [-0.4, -0.2) is 5.11 Å². The molecule has 17 heavy (non-hydrogen) atoms. The second kappa shape index (κ2) is 5.19. The van der Waals surface area contributed by atoms with E-state index in [0.717, 1.165) is 5.56 Å². The lowest BCUT2D eigenvalue weighted by Gasteiger charge is -2.08. The molecular formula is C13H10BrFO2. The SMILES string of the molecule is Oc1cccc(COc2ccc(F)cc2Br)c1.